The van der Waals surface area contributed by atoms with Gasteiger partial charge in [-0.05, 0) is 16.8 Å². The molecule has 0 unspecified atom stereocenters. The van der Waals surface area contributed by atoms with Crippen molar-refractivity contribution in [3.63, 3.8) is 0 Å². The zero-order valence-electron chi connectivity index (χ0n) is 10.2. The first kappa shape index (κ1) is 13.4. The Morgan fingerprint density at radius 1 is 1.21 bits per heavy atom. The number of hydrogen-bond acceptors (Lipinski definition) is 3. The molecule has 0 atom stereocenters. The molecule has 2 rings (SSSR count). The maximum absolute atomic E-state index is 11.1. The molecule has 19 heavy (non-hydrogen) atoms. The van der Waals surface area contributed by atoms with Gasteiger partial charge in [-0.3, -0.25) is 0 Å². The lowest BCUT2D eigenvalue weighted by atomic mass is 10.1. The summed E-state index contributed by atoms with van der Waals surface area (Å²) in [6.45, 7) is 0. The van der Waals surface area contributed by atoms with Gasteiger partial charge in [-0.15, -0.1) is 11.6 Å². The number of benzene rings is 2. The summed E-state index contributed by atoms with van der Waals surface area (Å²) in [5.74, 6) is -0.142. The van der Waals surface area contributed by atoms with E-state index in [0.717, 1.165) is 10.8 Å². The van der Waals surface area contributed by atoms with E-state index in [9.17, 15) is 4.79 Å². The molecule has 4 nitrogen and oxygen atoms in total. The summed E-state index contributed by atoms with van der Waals surface area (Å²) in [5, 5.41) is 5.76. The Kier molecular flexibility index (Phi) is 4.36. The van der Waals surface area contributed by atoms with Crippen LogP contribution >= 0.6 is 11.6 Å². The maximum Gasteiger partial charge on any atom is 0.336 e. The number of oxime groups is 1. The number of alkyl halides is 1. The van der Waals surface area contributed by atoms with E-state index in [0.29, 0.717) is 5.56 Å². The van der Waals surface area contributed by atoms with Gasteiger partial charge in [-0.25, -0.2) is 4.79 Å². The Balaban J connectivity index is 2.19. The number of fused-ring (bicyclic) bond motifs is 1. The molecule has 0 spiro atoms. The van der Waals surface area contributed by atoms with Crippen LogP contribution < -0.4 is 5.73 Å². The lowest BCUT2D eigenvalue weighted by Gasteiger charge is -2.03. The van der Waals surface area contributed by atoms with Crippen molar-refractivity contribution in [1.82, 2.24) is 0 Å². The highest BCUT2D eigenvalue weighted by Crippen LogP contribution is 2.15. The Hall–Kier alpha value is -2.07. The van der Waals surface area contributed by atoms with Crippen LogP contribution in [0.5, 0.6) is 0 Å². The molecule has 0 aromatic heterocycles. The first-order valence-electron chi connectivity index (χ1n) is 5.79. The highest BCUT2D eigenvalue weighted by molar-refractivity contribution is 6.18. The lowest BCUT2D eigenvalue weighted by Crippen LogP contribution is -2.15. The van der Waals surface area contributed by atoms with Gasteiger partial charge in [0.25, 0.3) is 0 Å². The van der Waals surface area contributed by atoms with Crippen molar-refractivity contribution in [3.8, 4) is 0 Å². The molecule has 2 aromatic carbocycles. The van der Waals surface area contributed by atoms with Crippen LogP contribution in [0.1, 0.15) is 12.0 Å². The first-order chi connectivity index (χ1) is 9.20. The van der Waals surface area contributed by atoms with Crippen molar-refractivity contribution < 1.29 is 9.63 Å². The van der Waals surface area contributed by atoms with Gasteiger partial charge in [0.15, 0.2) is 5.84 Å². The summed E-state index contributed by atoms with van der Waals surface area (Å²) in [6.07, 6.45) is 0.107. The zero-order chi connectivity index (χ0) is 13.7. The third-order valence-electron chi connectivity index (χ3n) is 2.59. The van der Waals surface area contributed by atoms with E-state index in [1.165, 1.54) is 0 Å². The molecule has 0 aliphatic heterocycles. The molecule has 0 bridgehead atoms. The average molecular weight is 277 g/mol. The van der Waals surface area contributed by atoms with E-state index >= 15 is 0 Å². The molecule has 0 aliphatic rings. The van der Waals surface area contributed by atoms with E-state index in [2.05, 4.69) is 9.99 Å². The van der Waals surface area contributed by atoms with Gasteiger partial charge in [-0.1, -0.05) is 41.6 Å². The maximum atomic E-state index is 11.1. The fourth-order valence-corrected chi connectivity index (χ4v) is 1.78. The largest absolute Gasteiger partial charge is 0.380 e. The molecule has 2 aromatic rings. The van der Waals surface area contributed by atoms with Crippen molar-refractivity contribution in [3.05, 3.63) is 48.0 Å². The number of amidine groups is 1. The van der Waals surface area contributed by atoms with Crippen LogP contribution in [0.25, 0.3) is 10.8 Å². The third-order valence-corrected chi connectivity index (χ3v) is 2.78. The molecule has 5 heteroatoms. The highest BCUT2D eigenvalue weighted by atomic mass is 35.5. The van der Waals surface area contributed by atoms with Crippen molar-refractivity contribution in [2.24, 2.45) is 10.9 Å². The van der Waals surface area contributed by atoms with Crippen LogP contribution in [0, 0.1) is 0 Å². The second kappa shape index (κ2) is 6.20. The van der Waals surface area contributed by atoms with Crippen molar-refractivity contribution >= 4 is 34.2 Å². The Labute approximate surface area is 115 Å². The smallest absolute Gasteiger partial charge is 0.336 e. The minimum Gasteiger partial charge on any atom is -0.380 e. The summed E-state index contributed by atoms with van der Waals surface area (Å²) in [6, 6.07) is 13.6. The summed E-state index contributed by atoms with van der Waals surface area (Å²) < 4.78 is 0. The minimum absolute atomic E-state index is 0.107. The Morgan fingerprint density at radius 2 is 1.95 bits per heavy atom. The van der Waals surface area contributed by atoms with Gasteiger partial charge in [0.2, 0.25) is 0 Å². The van der Waals surface area contributed by atoms with Gasteiger partial charge >= 0.3 is 5.97 Å². The molecule has 0 amide bonds. The van der Waals surface area contributed by atoms with Crippen molar-refractivity contribution in [2.75, 3.05) is 5.88 Å². The number of nitrogens with two attached hydrogens (primary N) is 1. The predicted molar refractivity (Wildman–Crippen MR) is 76.1 cm³/mol. The first-order valence-corrected chi connectivity index (χ1v) is 6.32. The van der Waals surface area contributed by atoms with Crippen molar-refractivity contribution in [1.29, 1.82) is 0 Å². The molecule has 0 saturated carbocycles. The van der Waals surface area contributed by atoms with Gasteiger partial charge in [-0.2, -0.15) is 0 Å². The molecule has 0 aliphatic carbocycles. The SMILES string of the molecule is NC(=NOC(=O)CCCl)c1ccc2ccccc2c1. The number of carbonyl (C=O) groups excluding carboxylic acids is 1. The number of nitrogens with zero attached hydrogens (tertiary/aromatic N) is 1. The van der Waals surface area contributed by atoms with E-state index in [1.54, 1.807) is 0 Å². The molecule has 0 fully saturated rings. The molecule has 0 saturated heterocycles. The molecule has 2 N–H and O–H groups in total. The number of hydrogen-bond donors (Lipinski definition) is 1. The fourth-order valence-electron chi connectivity index (χ4n) is 1.62. The van der Waals surface area contributed by atoms with Crippen LogP contribution in [0.15, 0.2) is 47.6 Å². The number of carbonyl (C=O) groups is 1. The number of halogens is 1. The zero-order valence-corrected chi connectivity index (χ0v) is 10.9. The van der Waals surface area contributed by atoms with E-state index in [4.69, 9.17) is 17.3 Å². The van der Waals surface area contributed by atoms with Crippen LogP contribution in [-0.4, -0.2) is 17.7 Å². The van der Waals surface area contributed by atoms with Crippen LogP contribution in [0.4, 0.5) is 0 Å². The highest BCUT2D eigenvalue weighted by Gasteiger charge is 2.04. The minimum atomic E-state index is -0.501. The molecule has 0 heterocycles. The van der Waals surface area contributed by atoms with E-state index in [1.807, 2.05) is 42.5 Å². The van der Waals surface area contributed by atoms with E-state index < -0.39 is 5.97 Å². The molecule has 98 valence electrons. The average Bonchev–Trinajstić information content (AvgIpc) is 2.44. The molecular weight excluding hydrogens is 264 g/mol. The predicted octanol–water partition coefficient (Wildman–Crippen LogP) is 2.63. The summed E-state index contributed by atoms with van der Waals surface area (Å²) >= 11 is 5.41. The normalized spacial score (nSPS) is 11.5. The van der Waals surface area contributed by atoms with Gasteiger partial charge in [0, 0.05) is 11.4 Å². The second-order valence-electron chi connectivity index (χ2n) is 3.94. The van der Waals surface area contributed by atoms with Gasteiger partial charge < -0.3 is 10.6 Å². The topological polar surface area (TPSA) is 64.7 Å². The van der Waals surface area contributed by atoms with Gasteiger partial charge in [0.1, 0.15) is 0 Å². The lowest BCUT2D eigenvalue weighted by molar-refractivity contribution is -0.143. The Morgan fingerprint density at radius 3 is 2.68 bits per heavy atom. The van der Waals surface area contributed by atoms with Gasteiger partial charge in [0.05, 0.1) is 6.42 Å². The summed E-state index contributed by atoms with van der Waals surface area (Å²) in [7, 11) is 0. The second-order valence-corrected chi connectivity index (χ2v) is 4.32. The molecular formula is C14H13ClN2O2. The van der Waals surface area contributed by atoms with Crippen LogP contribution in [0.3, 0.4) is 0 Å². The van der Waals surface area contributed by atoms with Crippen LogP contribution in [-0.2, 0) is 9.63 Å². The van der Waals surface area contributed by atoms with E-state index in [-0.39, 0.29) is 18.1 Å². The molecule has 0 radical (unpaired) electrons. The Bertz CT molecular complexity index is 626. The fraction of sp³-hybridized carbons (Fsp3) is 0.143. The monoisotopic (exact) mass is 276 g/mol. The van der Waals surface area contributed by atoms with Crippen molar-refractivity contribution in [2.45, 2.75) is 6.42 Å². The summed E-state index contributed by atoms with van der Waals surface area (Å²) in [4.78, 5) is 15.8. The summed E-state index contributed by atoms with van der Waals surface area (Å²) in [5.41, 5.74) is 6.48. The number of rotatable bonds is 4. The quantitative estimate of drug-likeness (QED) is 0.307. The standard InChI is InChI=1S/C14H13ClN2O2/c15-8-7-13(18)19-17-14(16)12-6-5-10-3-1-2-4-11(10)9-12/h1-6,9H,7-8H2,(H2,16,17). The van der Waals surface area contributed by atoms with Crippen LogP contribution in [0.2, 0.25) is 0 Å². The third kappa shape index (κ3) is 3.45.